The van der Waals surface area contributed by atoms with E-state index in [0.29, 0.717) is 28.2 Å². The molecule has 0 amide bonds. The molecule has 2 aromatic carbocycles. The van der Waals surface area contributed by atoms with Crippen molar-refractivity contribution in [1.29, 1.82) is 0 Å². The largest absolute Gasteiger partial charge is 0.337 e. The maximum Gasteiger partial charge on any atom is 0.332 e. The van der Waals surface area contributed by atoms with Crippen LogP contribution in [0, 0.1) is 0 Å². The zero-order valence-electron chi connectivity index (χ0n) is 16.0. The van der Waals surface area contributed by atoms with Gasteiger partial charge in [-0.25, -0.2) is 4.79 Å². The Balaban J connectivity index is 1.82. The molecule has 0 saturated heterocycles. The van der Waals surface area contributed by atoms with Crippen LogP contribution in [-0.2, 0) is 6.54 Å². The van der Waals surface area contributed by atoms with Crippen LogP contribution in [0.25, 0.3) is 22.3 Å². The molecule has 0 radical (unpaired) electrons. The van der Waals surface area contributed by atoms with Crippen molar-refractivity contribution < 1.29 is 4.52 Å². The van der Waals surface area contributed by atoms with Crippen molar-refractivity contribution in [3.63, 3.8) is 0 Å². The van der Waals surface area contributed by atoms with Crippen LogP contribution in [0.2, 0.25) is 5.02 Å². The van der Waals surface area contributed by atoms with Crippen molar-refractivity contribution >= 4 is 22.5 Å². The minimum absolute atomic E-state index is 0.0661. The summed E-state index contributed by atoms with van der Waals surface area (Å²) in [6.07, 6.45) is 0.661. The van der Waals surface area contributed by atoms with Crippen LogP contribution in [0.3, 0.4) is 0 Å². The van der Waals surface area contributed by atoms with E-state index in [2.05, 4.69) is 10.1 Å². The molecule has 148 valence electrons. The van der Waals surface area contributed by atoms with Gasteiger partial charge in [-0.1, -0.05) is 35.8 Å². The highest BCUT2D eigenvalue weighted by atomic mass is 35.5. The molecule has 0 N–H and O–H groups in total. The molecule has 29 heavy (non-hydrogen) atoms. The Morgan fingerprint density at radius 2 is 1.83 bits per heavy atom. The Morgan fingerprint density at radius 3 is 2.55 bits per heavy atom. The second-order valence-electron chi connectivity index (χ2n) is 6.84. The number of fused-ring (bicyclic) bond motifs is 1. The Bertz CT molecular complexity index is 1290. The summed E-state index contributed by atoms with van der Waals surface area (Å²) >= 11 is 5.92. The third kappa shape index (κ3) is 3.49. The lowest BCUT2D eigenvalue weighted by Crippen LogP contribution is -2.41. The predicted octanol–water partition coefficient (Wildman–Crippen LogP) is 3.89. The number of aromatic nitrogens is 4. The molecular formula is C21H19ClN4O3. The first-order valence-corrected chi connectivity index (χ1v) is 9.70. The second kappa shape index (κ2) is 7.67. The molecule has 1 atom stereocenters. The summed E-state index contributed by atoms with van der Waals surface area (Å²) in [6, 6.07) is 13.9. The minimum atomic E-state index is -0.394. The lowest BCUT2D eigenvalue weighted by molar-refractivity contribution is 0.367. The number of halogens is 1. The number of benzene rings is 2. The van der Waals surface area contributed by atoms with E-state index in [1.165, 1.54) is 9.13 Å². The zero-order valence-corrected chi connectivity index (χ0v) is 16.8. The summed E-state index contributed by atoms with van der Waals surface area (Å²) in [4.78, 5) is 30.4. The van der Waals surface area contributed by atoms with Crippen molar-refractivity contribution in [2.24, 2.45) is 0 Å². The average molecular weight is 411 g/mol. The molecule has 8 heteroatoms. The lowest BCUT2D eigenvalue weighted by atomic mass is 10.2. The highest BCUT2D eigenvalue weighted by Crippen LogP contribution is 2.19. The summed E-state index contributed by atoms with van der Waals surface area (Å²) in [6.45, 7) is 3.86. The van der Waals surface area contributed by atoms with Gasteiger partial charge in [0.2, 0.25) is 11.7 Å². The highest BCUT2D eigenvalue weighted by Gasteiger charge is 2.18. The molecule has 0 saturated carbocycles. The van der Waals surface area contributed by atoms with Crippen molar-refractivity contribution in [3.05, 3.63) is 80.3 Å². The zero-order chi connectivity index (χ0) is 20.5. The first-order chi connectivity index (χ1) is 14.0. The second-order valence-corrected chi connectivity index (χ2v) is 7.27. The molecular weight excluding hydrogens is 392 g/mol. The number of rotatable bonds is 5. The maximum absolute atomic E-state index is 13.1. The fourth-order valence-electron chi connectivity index (χ4n) is 3.23. The van der Waals surface area contributed by atoms with Crippen LogP contribution >= 0.6 is 11.6 Å². The molecule has 0 aliphatic heterocycles. The van der Waals surface area contributed by atoms with Crippen LogP contribution in [-0.4, -0.2) is 19.3 Å². The van der Waals surface area contributed by atoms with Crippen LogP contribution < -0.4 is 11.2 Å². The molecule has 0 bridgehead atoms. The third-order valence-electron chi connectivity index (χ3n) is 4.98. The van der Waals surface area contributed by atoms with E-state index in [0.717, 1.165) is 5.56 Å². The van der Waals surface area contributed by atoms with E-state index in [1.807, 2.05) is 13.8 Å². The van der Waals surface area contributed by atoms with E-state index in [9.17, 15) is 9.59 Å². The van der Waals surface area contributed by atoms with Crippen LogP contribution in [0.1, 0.15) is 32.2 Å². The van der Waals surface area contributed by atoms with Gasteiger partial charge in [-0.2, -0.15) is 4.98 Å². The molecule has 0 aliphatic carbocycles. The van der Waals surface area contributed by atoms with Gasteiger partial charge in [0.1, 0.15) is 6.54 Å². The van der Waals surface area contributed by atoms with Crippen LogP contribution in [0.15, 0.2) is 62.6 Å². The van der Waals surface area contributed by atoms with E-state index in [4.69, 9.17) is 16.1 Å². The molecule has 4 rings (SSSR count). The van der Waals surface area contributed by atoms with Gasteiger partial charge < -0.3 is 4.52 Å². The van der Waals surface area contributed by atoms with Gasteiger partial charge in [-0.05, 0) is 49.7 Å². The predicted molar refractivity (Wildman–Crippen MR) is 111 cm³/mol. The standard InChI is InChI=1S/C21H19ClN4O3/c1-3-13(2)26-20(27)16-6-4-5-7-17(16)25(21(26)28)12-18-23-19(24-29-18)14-8-10-15(22)11-9-14/h4-11,13H,3,12H2,1-2H3/t13-/m1/s1. The van der Waals surface area contributed by atoms with Crippen molar-refractivity contribution in [3.8, 4) is 11.4 Å². The first kappa shape index (κ1) is 19.1. The SMILES string of the molecule is CC[C@@H](C)n1c(=O)c2ccccc2n(Cc2nc(-c3ccc(Cl)cc3)no2)c1=O. The maximum atomic E-state index is 13.1. The summed E-state index contributed by atoms with van der Waals surface area (Å²) in [5.74, 6) is 0.681. The topological polar surface area (TPSA) is 82.9 Å². The normalized spacial score (nSPS) is 12.4. The summed E-state index contributed by atoms with van der Waals surface area (Å²) < 4.78 is 8.17. The van der Waals surface area contributed by atoms with Gasteiger partial charge in [-0.3, -0.25) is 13.9 Å². The van der Waals surface area contributed by atoms with Gasteiger partial charge in [0, 0.05) is 16.6 Å². The Hall–Kier alpha value is -3.19. The smallest absolute Gasteiger partial charge is 0.332 e. The van der Waals surface area contributed by atoms with Crippen LogP contribution in [0.4, 0.5) is 0 Å². The molecule has 0 aliphatic rings. The minimum Gasteiger partial charge on any atom is -0.337 e. The quantitative estimate of drug-likeness (QED) is 0.498. The molecule has 2 heterocycles. The summed E-state index contributed by atoms with van der Waals surface area (Å²) in [5, 5.41) is 5.09. The fraction of sp³-hybridized carbons (Fsp3) is 0.238. The Kier molecular flexibility index (Phi) is 5.07. The molecule has 7 nitrogen and oxygen atoms in total. The van der Waals surface area contributed by atoms with Gasteiger partial charge in [0.15, 0.2) is 0 Å². The van der Waals surface area contributed by atoms with E-state index >= 15 is 0 Å². The van der Waals surface area contributed by atoms with Crippen molar-refractivity contribution in [2.45, 2.75) is 32.9 Å². The molecule has 0 spiro atoms. The highest BCUT2D eigenvalue weighted by molar-refractivity contribution is 6.30. The molecule has 0 fully saturated rings. The number of nitrogens with zero attached hydrogens (tertiary/aromatic N) is 4. The van der Waals surface area contributed by atoms with Crippen LogP contribution in [0.5, 0.6) is 0 Å². The summed E-state index contributed by atoms with van der Waals surface area (Å²) in [5.41, 5.74) is 0.609. The summed E-state index contributed by atoms with van der Waals surface area (Å²) in [7, 11) is 0. The molecule has 2 aromatic heterocycles. The number of hydrogen-bond donors (Lipinski definition) is 0. The van der Waals surface area contributed by atoms with E-state index < -0.39 is 5.69 Å². The lowest BCUT2D eigenvalue weighted by Gasteiger charge is -2.16. The van der Waals surface area contributed by atoms with Gasteiger partial charge in [-0.15, -0.1) is 0 Å². The molecule has 0 unspecified atom stereocenters. The van der Waals surface area contributed by atoms with Gasteiger partial charge in [0.05, 0.1) is 10.9 Å². The Labute approximate surface area is 171 Å². The van der Waals surface area contributed by atoms with E-state index in [-0.39, 0.29) is 24.0 Å². The third-order valence-corrected chi connectivity index (χ3v) is 5.23. The van der Waals surface area contributed by atoms with Gasteiger partial charge >= 0.3 is 5.69 Å². The Morgan fingerprint density at radius 1 is 1.10 bits per heavy atom. The first-order valence-electron chi connectivity index (χ1n) is 9.32. The van der Waals surface area contributed by atoms with Gasteiger partial charge in [0.25, 0.3) is 5.56 Å². The monoisotopic (exact) mass is 410 g/mol. The number of hydrogen-bond acceptors (Lipinski definition) is 5. The molecule has 4 aromatic rings. The fourth-order valence-corrected chi connectivity index (χ4v) is 3.36. The van der Waals surface area contributed by atoms with Crippen molar-refractivity contribution in [2.75, 3.05) is 0 Å². The average Bonchev–Trinajstić information content (AvgIpc) is 3.20. The number of para-hydroxylation sites is 1. The van der Waals surface area contributed by atoms with E-state index in [1.54, 1.807) is 48.5 Å². The van der Waals surface area contributed by atoms with Crippen molar-refractivity contribution in [1.82, 2.24) is 19.3 Å².